The van der Waals surface area contributed by atoms with Crippen molar-refractivity contribution in [3.05, 3.63) is 29.8 Å². The van der Waals surface area contributed by atoms with Crippen LogP contribution in [0.4, 0.5) is 0 Å². The van der Waals surface area contributed by atoms with Crippen molar-refractivity contribution in [3.8, 4) is 0 Å². The molecule has 5 heteroatoms. The third kappa shape index (κ3) is 3.22. The molecular weight excluding hydrogens is 272 g/mol. The Morgan fingerprint density at radius 3 is 2.30 bits per heavy atom. The van der Waals surface area contributed by atoms with Crippen LogP contribution in [-0.4, -0.2) is 31.9 Å². The van der Waals surface area contributed by atoms with Crippen molar-refractivity contribution in [3.63, 3.8) is 0 Å². The van der Waals surface area contributed by atoms with Gasteiger partial charge in [-0.25, -0.2) is 8.42 Å². The lowest BCUT2D eigenvalue weighted by atomic mass is 10.2. The molecule has 0 radical (unpaired) electrons. The fraction of sp³-hybridized carbons (Fsp3) is 0.600. The van der Waals surface area contributed by atoms with Gasteiger partial charge in [-0.05, 0) is 43.4 Å². The molecule has 1 aliphatic heterocycles. The Bertz CT molecular complexity index is 544. The fourth-order valence-electron chi connectivity index (χ4n) is 2.58. The van der Waals surface area contributed by atoms with E-state index in [1.165, 1.54) is 12.8 Å². The van der Waals surface area contributed by atoms with Gasteiger partial charge in [0.05, 0.1) is 4.90 Å². The third-order valence-corrected chi connectivity index (χ3v) is 5.96. The van der Waals surface area contributed by atoms with Gasteiger partial charge in [0.1, 0.15) is 0 Å². The summed E-state index contributed by atoms with van der Waals surface area (Å²) in [7, 11) is -3.28. The molecule has 1 N–H and O–H groups in total. The van der Waals surface area contributed by atoms with E-state index < -0.39 is 10.0 Å². The van der Waals surface area contributed by atoms with Crippen molar-refractivity contribution in [1.29, 1.82) is 0 Å². The van der Waals surface area contributed by atoms with Gasteiger partial charge in [0.25, 0.3) is 0 Å². The van der Waals surface area contributed by atoms with E-state index in [1.54, 1.807) is 16.4 Å². The van der Waals surface area contributed by atoms with Crippen molar-refractivity contribution in [2.75, 3.05) is 13.1 Å². The summed E-state index contributed by atoms with van der Waals surface area (Å²) < 4.78 is 26.6. The van der Waals surface area contributed by atoms with Gasteiger partial charge in [-0.2, -0.15) is 4.31 Å². The monoisotopic (exact) mass is 294 g/mol. The molecule has 1 saturated carbocycles. The average molecular weight is 294 g/mol. The molecule has 3 rings (SSSR count). The first-order valence-electron chi connectivity index (χ1n) is 7.49. The van der Waals surface area contributed by atoms with Gasteiger partial charge in [-0.3, -0.25) is 0 Å². The van der Waals surface area contributed by atoms with Crippen LogP contribution < -0.4 is 5.32 Å². The Hall–Kier alpha value is -0.910. The second-order valence-corrected chi connectivity index (χ2v) is 7.70. The van der Waals surface area contributed by atoms with Crippen LogP contribution in [0.5, 0.6) is 0 Å². The smallest absolute Gasteiger partial charge is 0.243 e. The lowest BCUT2D eigenvalue weighted by molar-refractivity contribution is 0.346. The molecule has 1 aromatic carbocycles. The maximum absolute atomic E-state index is 12.5. The minimum Gasteiger partial charge on any atom is -0.310 e. The fourth-order valence-corrected chi connectivity index (χ4v) is 4.10. The molecular formula is C15H22N2O2S. The summed E-state index contributed by atoms with van der Waals surface area (Å²) in [6.45, 7) is 2.15. The van der Waals surface area contributed by atoms with Crippen molar-refractivity contribution >= 4 is 10.0 Å². The average Bonchev–Trinajstić information content (AvgIpc) is 3.31. The standard InChI is InChI=1S/C15H22N2O2S/c18-20(19,17-10-2-1-3-11-17)15-8-4-13(5-9-15)12-16-14-6-7-14/h4-5,8-9,14,16H,1-3,6-7,10-12H2. The molecule has 0 amide bonds. The van der Waals surface area contributed by atoms with E-state index >= 15 is 0 Å². The second kappa shape index (κ2) is 5.84. The molecule has 1 aromatic rings. The minimum absolute atomic E-state index is 0.426. The van der Waals surface area contributed by atoms with Gasteiger partial charge in [0.15, 0.2) is 0 Å². The van der Waals surface area contributed by atoms with Crippen molar-refractivity contribution in [1.82, 2.24) is 9.62 Å². The SMILES string of the molecule is O=S(=O)(c1ccc(CNC2CC2)cc1)N1CCCCC1. The number of benzene rings is 1. The molecule has 0 bridgehead atoms. The van der Waals surface area contributed by atoms with E-state index in [9.17, 15) is 8.42 Å². The van der Waals surface area contributed by atoms with E-state index in [4.69, 9.17) is 0 Å². The Balaban J connectivity index is 1.68. The first-order chi connectivity index (χ1) is 9.66. The number of hydrogen-bond donors (Lipinski definition) is 1. The molecule has 20 heavy (non-hydrogen) atoms. The topological polar surface area (TPSA) is 49.4 Å². The highest BCUT2D eigenvalue weighted by Crippen LogP contribution is 2.22. The van der Waals surface area contributed by atoms with Crippen LogP contribution in [0.2, 0.25) is 0 Å². The van der Waals surface area contributed by atoms with Crippen LogP contribution in [0.3, 0.4) is 0 Å². The quantitative estimate of drug-likeness (QED) is 0.905. The summed E-state index contributed by atoms with van der Waals surface area (Å²) in [5, 5.41) is 3.43. The number of nitrogens with one attached hydrogen (secondary N) is 1. The summed E-state index contributed by atoms with van der Waals surface area (Å²) in [6, 6.07) is 8.01. The highest BCUT2D eigenvalue weighted by molar-refractivity contribution is 7.89. The van der Waals surface area contributed by atoms with Crippen LogP contribution in [0, 0.1) is 0 Å². The molecule has 0 aromatic heterocycles. The predicted molar refractivity (Wildman–Crippen MR) is 78.9 cm³/mol. The Labute approximate surface area is 121 Å². The lowest BCUT2D eigenvalue weighted by Gasteiger charge is -2.25. The summed E-state index contributed by atoms with van der Waals surface area (Å²) >= 11 is 0. The summed E-state index contributed by atoms with van der Waals surface area (Å²) in [5.41, 5.74) is 1.15. The molecule has 0 spiro atoms. The van der Waals surface area contributed by atoms with Crippen LogP contribution in [-0.2, 0) is 16.6 Å². The molecule has 0 unspecified atom stereocenters. The Kier molecular flexibility index (Phi) is 4.10. The van der Waals surface area contributed by atoms with Crippen LogP contribution in [0.1, 0.15) is 37.7 Å². The van der Waals surface area contributed by atoms with Crippen LogP contribution in [0.25, 0.3) is 0 Å². The molecule has 110 valence electrons. The van der Waals surface area contributed by atoms with E-state index in [2.05, 4.69) is 5.32 Å². The molecule has 0 atom stereocenters. The van der Waals surface area contributed by atoms with E-state index in [0.29, 0.717) is 24.0 Å². The molecule has 1 saturated heterocycles. The second-order valence-electron chi connectivity index (χ2n) is 5.76. The number of sulfonamides is 1. The number of piperidine rings is 1. The molecule has 2 aliphatic rings. The van der Waals surface area contributed by atoms with Crippen LogP contribution in [0.15, 0.2) is 29.2 Å². The highest BCUT2D eigenvalue weighted by atomic mass is 32.2. The van der Waals surface area contributed by atoms with E-state index in [1.807, 2.05) is 12.1 Å². The van der Waals surface area contributed by atoms with E-state index in [-0.39, 0.29) is 0 Å². The normalized spacial score (nSPS) is 21.0. The van der Waals surface area contributed by atoms with Crippen LogP contribution >= 0.6 is 0 Å². The molecule has 1 aliphatic carbocycles. The summed E-state index contributed by atoms with van der Waals surface area (Å²) in [4.78, 5) is 0.426. The first kappa shape index (κ1) is 14.0. The number of nitrogens with zero attached hydrogens (tertiary/aromatic N) is 1. The maximum atomic E-state index is 12.5. The first-order valence-corrected chi connectivity index (χ1v) is 8.93. The molecule has 2 fully saturated rings. The van der Waals surface area contributed by atoms with Gasteiger partial charge in [-0.15, -0.1) is 0 Å². The third-order valence-electron chi connectivity index (χ3n) is 4.05. The minimum atomic E-state index is -3.28. The zero-order chi connectivity index (χ0) is 14.0. The van der Waals surface area contributed by atoms with Gasteiger partial charge in [-0.1, -0.05) is 18.6 Å². The summed E-state index contributed by atoms with van der Waals surface area (Å²) in [6.07, 6.45) is 5.62. The summed E-state index contributed by atoms with van der Waals surface area (Å²) in [5.74, 6) is 0. The largest absolute Gasteiger partial charge is 0.310 e. The zero-order valence-electron chi connectivity index (χ0n) is 11.7. The zero-order valence-corrected chi connectivity index (χ0v) is 12.5. The van der Waals surface area contributed by atoms with Gasteiger partial charge in [0.2, 0.25) is 10.0 Å². The maximum Gasteiger partial charge on any atom is 0.243 e. The highest BCUT2D eigenvalue weighted by Gasteiger charge is 2.25. The van der Waals surface area contributed by atoms with Crippen molar-refractivity contribution in [2.24, 2.45) is 0 Å². The van der Waals surface area contributed by atoms with E-state index in [0.717, 1.165) is 31.4 Å². The molecule has 4 nitrogen and oxygen atoms in total. The Morgan fingerprint density at radius 1 is 1.05 bits per heavy atom. The molecule has 1 heterocycles. The van der Waals surface area contributed by atoms with Crippen molar-refractivity contribution in [2.45, 2.75) is 49.6 Å². The lowest BCUT2D eigenvalue weighted by Crippen LogP contribution is -2.35. The number of rotatable bonds is 5. The van der Waals surface area contributed by atoms with Crippen molar-refractivity contribution < 1.29 is 8.42 Å². The predicted octanol–water partition coefficient (Wildman–Crippen LogP) is 2.11. The van der Waals surface area contributed by atoms with Gasteiger partial charge < -0.3 is 5.32 Å². The van der Waals surface area contributed by atoms with Gasteiger partial charge in [0, 0.05) is 25.7 Å². The Morgan fingerprint density at radius 2 is 1.70 bits per heavy atom. The van der Waals surface area contributed by atoms with Gasteiger partial charge >= 0.3 is 0 Å². The number of hydrogen-bond acceptors (Lipinski definition) is 3.